The number of hydrogen-bond acceptors (Lipinski definition) is 5. The van der Waals surface area contributed by atoms with Crippen molar-refractivity contribution in [2.45, 2.75) is 25.7 Å². The Hall–Kier alpha value is -2.18. The van der Waals surface area contributed by atoms with Gasteiger partial charge in [0.05, 0.1) is 20.3 Å². The second-order valence-corrected chi connectivity index (χ2v) is 5.59. The summed E-state index contributed by atoms with van der Waals surface area (Å²) in [6.07, 6.45) is 2.37. The molecule has 0 unspecified atom stereocenters. The van der Waals surface area contributed by atoms with Crippen molar-refractivity contribution < 1.29 is 19.0 Å². The lowest BCUT2D eigenvalue weighted by molar-refractivity contribution is -0.148. The average Bonchev–Trinajstić information content (AvgIpc) is 3.20. The van der Waals surface area contributed by atoms with Gasteiger partial charge in [0, 0.05) is 24.7 Å². The summed E-state index contributed by atoms with van der Waals surface area (Å²) in [5, 5.41) is 4.55. The normalized spacial score (nSPS) is 16.4. The fourth-order valence-electron chi connectivity index (χ4n) is 2.62. The lowest BCUT2D eigenvalue weighted by Gasteiger charge is -2.21. The Bertz CT molecular complexity index is 675. The SMILES string of the molecule is COC(=O)c1cn(CCC2(C)OCCO2)nc1-c1ccccc1. The number of esters is 1. The molecule has 1 aliphatic rings. The van der Waals surface area contributed by atoms with Crippen LogP contribution in [0.25, 0.3) is 11.3 Å². The van der Waals surface area contributed by atoms with Crippen LogP contribution in [0.1, 0.15) is 23.7 Å². The molecular formula is C17H20N2O4. The molecule has 122 valence electrons. The highest BCUT2D eigenvalue weighted by Gasteiger charge is 2.31. The quantitative estimate of drug-likeness (QED) is 0.793. The molecule has 6 nitrogen and oxygen atoms in total. The zero-order chi connectivity index (χ0) is 16.3. The second-order valence-electron chi connectivity index (χ2n) is 5.59. The van der Waals surface area contributed by atoms with Gasteiger partial charge in [0.25, 0.3) is 0 Å². The maximum atomic E-state index is 12.0. The highest BCUT2D eigenvalue weighted by atomic mass is 16.7. The predicted octanol–water partition coefficient (Wildman–Crippen LogP) is 2.49. The van der Waals surface area contributed by atoms with Crippen molar-refractivity contribution in [3.8, 4) is 11.3 Å². The van der Waals surface area contributed by atoms with Crippen molar-refractivity contribution >= 4 is 5.97 Å². The Morgan fingerprint density at radius 3 is 2.65 bits per heavy atom. The number of aromatic nitrogens is 2. The topological polar surface area (TPSA) is 62.6 Å². The van der Waals surface area contributed by atoms with E-state index in [0.717, 1.165) is 5.56 Å². The minimum atomic E-state index is -0.579. The fraction of sp³-hybridized carbons (Fsp3) is 0.412. The van der Waals surface area contributed by atoms with Gasteiger partial charge < -0.3 is 14.2 Å². The number of nitrogens with zero attached hydrogens (tertiary/aromatic N) is 2. The summed E-state index contributed by atoms with van der Waals surface area (Å²) in [6, 6.07) is 9.59. The van der Waals surface area contributed by atoms with E-state index in [-0.39, 0.29) is 0 Å². The van der Waals surface area contributed by atoms with E-state index in [1.54, 1.807) is 10.9 Å². The molecule has 0 aliphatic carbocycles. The van der Waals surface area contributed by atoms with Crippen LogP contribution in [-0.2, 0) is 20.8 Å². The van der Waals surface area contributed by atoms with Gasteiger partial charge in [0.15, 0.2) is 5.79 Å². The third kappa shape index (κ3) is 3.43. The van der Waals surface area contributed by atoms with E-state index < -0.39 is 11.8 Å². The summed E-state index contributed by atoms with van der Waals surface area (Å²) >= 11 is 0. The van der Waals surface area contributed by atoms with Gasteiger partial charge >= 0.3 is 5.97 Å². The molecule has 0 spiro atoms. The van der Waals surface area contributed by atoms with Crippen LogP contribution in [0.4, 0.5) is 0 Å². The molecule has 1 fully saturated rings. The molecule has 1 aromatic heterocycles. The molecule has 0 bridgehead atoms. The van der Waals surface area contributed by atoms with Crippen molar-refractivity contribution in [2.24, 2.45) is 0 Å². The van der Waals surface area contributed by atoms with E-state index in [4.69, 9.17) is 14.2 Å². The number of benzene rings is 1. The molecule has 0 radical (unpaired) electrons. The molecule has 0 amide bonds. The minimum Gasteiger partial charge on any atom is -0.465 e. The Morgan fingerprint density at radius 1 is 1.30 bits per heavy atom. The number of carbonyl (C=O) groups is 1. The molecule has 1 aromatic carbocycles. The number of methoxy groups -OCH3 is 1. The molecule has 2 aromatic rings. The van der Waals surface area contributed by atoms with Crippen molar-refractivity contribution in [1.29, 1.82) is 0 Å². The van der Waals surface area contributed by atoms with Crippen molar-refractivity contribution in [3.05, 3.63) is 42.1 Å². The molecule has 23 heavy (non-hydrogen) atoms. The third-order valence-corrected chi connectivity index (χ3v) is 3.91. The van der Waals surface area contributed by atoms with E-state index in [1.807, 2.05) is 37.3 Å². The average molecular weight is 316 g/mol. The Morgan fingerprint density at radius 2 is 2.00 bits per heavy atom. The highest BCUT2D eigenvalue weighted by molar-refractivity contribution is 5.95. The molecular weight excluding hydrogens is 296 g/mol. The summed E-state index contributed by atoms with van der Waals surface area (Å²) in [5.41, 5.74) is 1.96. The molecule has 1 saturated heterocycles. The molecule has 0 N–H and O–H groups in total. The zero-order valence-corrected chi connectivity index (χ0v) is 13.3. The van der Waals surface area contributed by atoms with Crippen LogP contribution >= 0.6 is 0 Å². The zero-order valence-electron chi connectivity index (χ0n) is 13.3. The fourth-order valence-corrected chi connectivity index (χ4v) is 2.62. The first-order valence-corrected chi connectivity index (χ1v) is 7.60. The minimum absolute atomic E-state index is 0.394. The van der Waals surface area contributed by atoms with Crippen molar-refractivity contribution in [1.82, 2.24) is 9.78 Å². The predicted molar refractivity (Wildman–Crippen MR) is 83.9 cm³/mol. The lowest BCUT2D eigenvalue weighted by Crippen LogP contribution is -2.27. The Kier molecular flexibility index (Phi) is 4.45. The van der Waals surface area contributed by atoms with Crippen LogP contribution in [0.3, 0.4) is 0 Å². The summed E-state index contributed by atoms with van der Waals surface area (Å²) < 4.78 is 17.8. The standard InChI is InChI=1S/C17H20N2O4/c1-17(22-10-11-23-17)8-9-19-12-14(16(20)21-2)15(18-19)13-6-4-3-5-7-13/h3-7,12H,8-11H2,1-2H3. The van der Waals surface area contributed by atoms with Crippen LogP contribution in [-0.4, -0.2) is 41.9 Å². The summed E-state index contributed by atoms with van der Waals surface area (Å²) in [4.78, 5) is 12.0. The smallest absolute Gasteiger partial charge is 0.341 e. The van der Waals surface area contributed by atoms with Gasteiger partial charge in [-0.05, 0) is 6.92 Å². The maximum Gasteiger partial charge on any atom is 0.341 e. The van der Waals surface area contributed by atoms with E-state index >= 15 is 0 Å². The van der Waals surface area contributed by atoms with Gasteiger partial charge in [-0.15, -0.1) is 0 Å². The number of aryl methyl sites for hydroxylation is 1. The van der Waals surface area contributed by atoms with Gasteiger partial charge in [0.1, 0.15) is 11.3 Å². The van der Waals surface area contributed by atoms with Crippen LogP contribution in [0.2, 0.25) is 0 Å². The van der Waals surface area contributed by atoms with Crippen LogP contribution in [0, 0.1) is 0 Å². The monoisotopic (exact) mass is 316 g/mol. The van der Waals surface area contributed by atoms with Gasteiger partial charge in [-0.2, -0.15) is 5.10 Å². The van der Waals surface area contributed by atoms with Gasteiger partial charge in [0.2, 0.25) is 0 Å². The summed E-state index contributed by atoms with van der Waals surface area (Å²) in [5.74, 6) is -0.973. The number of carbonyl (C=O) groups excluding carboxylic acids is 1. The van der Waals surface area contributed by atoms with Crippen LogP contribution in [0.5, 0.6) is 0 Å². The van der Waals surface area contributed by atoms with Crippen molar-refractivity contribution in [3.63, 3.8) is 0 Å². The van der Waals surface area contributed by atoms with Gasteiger partial charge in [-0.25, -0.2) is 4.79 Å². The Labute approximate surface area is 135 Å². The molecule has 2 heterocycles. The van der Waals surface area contributed by atoms with Crippen molar-refractivity contribution in [2.75, 3.05) is 20.3 Å². The molecule has 0 atom stereocenters. The number of hydrogen-bond donors (Lipinski definition) is 0. The second kappa shape index (κ2) is 6.52. The molecule has 6 heteroatoms. The number of rotatable bonds is 5. The van der Waals surface area contributed by atoms with E-state index in [2.05, 4.69) is 5.10 Å². The van der Waals surface area contributed by atoms with E-state index in [9.17, 15) is 4.79 Å². The summed E-state index contributed by atoms with van der Waals surface area (Å²) in [7, 11) is 1.37. The largest absolute Gasteiger partial charge is 0.465 e. The van der Waals surface area contributed by atoms with E-state index in [1.165, 1.54) is 7.11 Å². The van der Waals surface area contributed by atoms with E-state index in [0.29, 0.717) is 37.4 Å². The molecule has 3 rings (SSSR count). The summed E-state index contributed by atoms with van der Waals surface area (Å²) in [6.45, 7) is 3.73. The Balaban J connectivity index is 1.84. The van der Waals surface area contributed by atoms with Gasteiger partial charge in [-0.3, -0.25) is 4.68 Å². The van der Waals surface area contributed by atoms with Crippen LogP contribution < -0.4 is 0 Å². The molecule has 1 aliphatic heterocycles. The van der Waals surface area contributed by atoms with Gasteiger partial charge in [-0.1, -0.05) is 30.3 Å². The number of ether oxygens (including phenoxy) is 3. The first-order chi connectivity index (χ1) is 11.1. The maximum absolute atomic E-state index is 12.0. The third-order valence-electron chi connectivity index (χ3n) is 3.91. The molecule has 0 saturated carbocycles. The first kappa shape index (κ1) is 15.7. The first-order valence-electron chi connectivity index (χ1n) is 7.60. The lowest BCUT2D eigenvalue weighted by atomic mass is 10.1. The highest BCUT2D eigenvalue weighted by Crippen LogP contribution is 2.25. The van der Waals surface area contributed by atoms with Crippen LogP contribution in [0.15, 0.2) is 36.5 Å².